The molecule has 0 spiro atoms. The highest BCUT2D eigenvalue weighted by atomic mass is 32.1. The Hall–Kier alpha value is -3.57. The third kappa shape index (κ3) is 3.18. The number of amides is 2. The summed E-state index contributed by atoms with van der Waals surface area (Å²) in [6.07, 6.45) is -0.0300. The number of likely N-dealkylation sites (tertiary alicyclic amines) is 1. The number of fused-ring (bicyclic) bond motifs is 5. The zero-order valence-corrected chi connectivity index (χ0v) is 21.8. The fraction of sp³-hybridized carbons (Fsp3) is 0.370. The van der Waals surface area contributed by atoms with Crippen LogP contribution in [0, 0.1) is 12.7 Å². The van der Waals surface area contributed by atoms with Crippen molar-refractivity contribution in [1.82, 2.24) is 14.5 Å². The van der Waals surface area contributed by atoms with Crippen LogP contribution in [0.3, 0.4) is 0 Å². The number of rotatable bonds is 3. The topological polar surface area (TPSA) is 119 Å². The molecular formula is C27H24FN3O6S. The fourth-order valence-electron chi connectivity index (χ4n) is 5.89. The number of halogens is 1. The summed E-state index contributed by atoms with van der Waals surface area (Å²) in [4.78, 5) is 57.7. The molecule has 0 saturated carbocycles. The minimum atomic E-state index is -1.99. The number of aryl methyl sites for hydroxylation is 1. The van der Waals surface area contributed by atoms with Gasteiger partial charge in [0.05, 0.1) is 40.3 Å². The summed E-state index contributed by atoms with van der Waals surface area (Å²) < 4.78 is 21.3. The van der Waals surface area contributed by atoms with Gasteiger partial charge in [-0.25, -0.2) is 14.2 Å². The number of imide groups is 1. The lowest BCUT2D eigenvalue weighted by Crippen LogP contribution is -2.44. The van der Waals surface area contributed by atoms with Crippen molar-refractivity contribution in [2.75, 3.05) is 0 Å². The maximum absolute atomic E-state index is 14.7. The normalized spacial score (nSPS) is 22.9. The van der Waals surface area contributed by atoms with Gasteiger partial charge in [-0.3, -0.25) is 19.3 Å². The number of aliphatic hydroxyl groups is 1. The molecule has 1 fully saturated rings. The summed E-state index contributed by atoms with van der Waals surface area (Å²) in [7, 11) is 0. The van der Waals surface area contributed by atoms with Gasteiger partial charge in [0, 0.05) is 29.0 Å². The van der Waals surface area contributed by atoms with Gasteiger partial charge in [-0.15, -0.1) is 0 Å². The summed E-state index contributed by atoms with van der Waals surface area (Å²) in [5.74, 6) is -2.10. The van der Waals surface area contributed by atoms with Crippen molar-refractivity contribution in [3.05, 3.63) is 62.2 Å². The third-order valence-electron chi connectivity index (χ3n) is 7.98. The molecule has 38 heavy (non-hydrogen) atoms. The summed E-state index contributed by atoms with van der Waals surface area (Å²) in [5, 5.41) is 10.9. The Bertz CT molecular complexity index is 1680. The number of esters is 1. The molecule has 196 valence electrons. The number of nitrogens with zero attached hydrogens (tertiary/aromatic N) is 3. The Kier molecular flexibility index (Phi) is 5.35. The molecule has 3 aromatic rings. The van der Waals surface area contributed by atoms with Crippen LogP contribution in [0.1, 0.15) is 60.5 Å². The molecule has 3 aliphatic heterocycles. The molecule has 6 rings (SSSR count). The number of pyridine rings is 2. The summed E-state index contributed by atoms with van der Waals surface area (Å²) >= 11 is 4.25. The van der Waals surface area contributed by atoms with E-state index in [9.17, 15) is 28.7 Å². The van der Waals surface area contributed by atoms with Crippen LogP contribution in [-0.2, 0) is 37.9 Å². The van der Waals surface area contributed by atoms with Crippen molar-refractivity contribution in [3.63, 3.8) is 0 Å². The van der Waals surface area contributed by atoms with Crippen LogP contribution in [0.5, 0.6) is 0 Å². The molecule has 2 aromatic heterocycles. The number of thiol groups is 1. The van der Waals surface area contributed by atoms with Gasteiger partial charge in [-0.2, -0.15) is 12.6 Å². The summed E-state index contributed by atoms with van der Waals surface area (Å²) in [5.41, 5.74) is 0.464. The SMILES string of the molecule is CC[C@@]1(O)C(=O)OCc2c1cc1n(c2=O)Cc2c-1nc1cc(F)c(C)cc1c2[C@H](C)N1C(=O)CC(S)C1=O. The molecule has 0 bridgehead atoms. The smallest absolute Gasteiger partial charge is 0.343 e. The molecule has 2 amide bonds. The number of ether oxygens (including phenoxy) is 1. The van der Waals surface area contributed by atoms with Crippen molar-refractivity contribution < 1.29 is 28.6 Å². The third-order valence-corrected chi connectivity index (χ3v) is 8.38. The van der Waals surface area contributed by atoms with Crippen LogP contribution in [0.4, 0.5) is 4.39 Å². The van der Waals surface area contributed by atoms with E-state index in [4.69, 9.17) is 9.72 Å². The van der Waals surface area contributed by atoms with Crippen LogP contribution >= 0.6 is 12.6 Å². The van der Waals surface area contributed by atoms with Crippen molar-refractivity contribution >= 4 is 41.3 Å². The van der Waals surface area contributed by atoms with Crippen molar-refractivity contribution in [1.29, 1.82) is 0 Å². The molecule has 1 saturated heterocycles. The molecule has 3 atom stereocenters. The predicted octanol–water partition coefficient (Wildman–Crippen LogP) is 2.65. The number of hydrogen-bond acceptors (Lipinski definition) is 8. The molecule has 5 heterocycles. The minimum absolute atomic E-state index is 0.00339. The van der Waals surface area contributed by atoms with Gasteiger partial charge < -0.3 is 14.4 Å². The lowest BCUT2D eigenvalue weighted by Gasteiger charge is -2.31. The quantitative estimate of drug-likeness (QED) is 0.234. The highest BCUT2D eigenvalue weighted by molar-refractivity contribution is 7.81. The Labute approximate surface area is 221 Å². The van der Waals surface area contributed by atoms with E-state index < -0.39 is 40.1 Å². The van der Waals surface area contributed by atoms with Gasteiger partial charge >= 0.3 is 5.97 Å². The number of aromatic nitrogens is 2. The molecular weight excluding hydrogens is 513 g/mol. The van der Waals surface area contributed by atoms with E-state index in [1.165, 1.54) is 15.5 Å². The average Bonchev–Trinajstić information content (AvgIpc) is 3.36. The number of carbonyl (C=O) groups is 3. The first-order valence-electron chi connectivity index (χ1n) is 12.3. The molecule has 1 aromatic carbocycles. The van der Waals surface area contributed by atoms with Gasteiger partial charge in [0.25, 0.3) is 5.56 Å². The van der Waals surface area contributed by atoms with Crippen LogP contribution in [0.15, 0.2) is 23.0 Å². The Morgan fingerprint density at radius 1 is 1.24 bits per heavy atom. The van der Waals surface area contributed by atoms with Gasteiger partial charge in [-0.05, 0) is 43.5 Å². The summed E-state index contributed by atoms with van der Waals surface area (Å²) in [6, 6.07) is 3.75. The van der Waals surface area contributed by atoms with E-state index in [1.807, 2.05) is 0 Å². The first-order chi connectivity index (χ1) is 18.0. The Morgan fingerprint density at radius 3 is 2.63 bits per heavy atom. The summed E-state index contributed by atoms with van der Waals surface area (Å²) in [6.45, 7) is 4.76. The van der Waals surface area contributed by atoms with Crippen LogP contribution < -0.4 is 5.56 Å². The van der Waals surface area contributed by atoms with Crippen molar-refractivity contribution in [3.8, 4) is 11.4 Å². The van der Waals surface area contributed by atoms with Crippen LogP contribution in [-0.4, -0.2) is 42.6 Å². The van der Waals surface area contributed by atoms with Gasteiger partial charge in [-0.1, -0.05) is 6.92 Å². The number of benzene rings is 1. The van der Waals surface area contributed by atoms with E-state index in [1.54, 1.807) is 32.9 Å². The molecule has 0 radical (unpaired) electrons. The van der Waals surface area contributed by atoms with E-state index in [2.05, 4.69) is 12.6 Å². The number of carbonyl (C=O) groups excluding carboxylic acids is 3. The highest BCUT2D eigenvalue weighted by Gasteiger charge is 2.46. The molecule has 1 N–H and O–H groups in total. The highest BCUT2D eigenvalue weighted by Crippen LogP contribution is 2.43. The van der Waals surface area contributed by atoms with Gasteiger partial charge in [0.15, 0.2) is 5.60 Å². The molecule has 9 nitrogen and oxygen atoms in total. The fourth-order valence-corrected chi connectivity index (χ4v) is 6.17. The van der Waals surface area contributed by atoms with E-state index in [0.717, 1.165) is 0 Å². The Balaban J connectivity index is 1.65. The van der Waals surface area contributed by atoms with Crippen molar-refractivity contribution in [2.45, 2.75) is 63.7 Å². The lowest BCUT2D eigenvalue weighted by atomic mass is 9.86. The van der Waals surface area contributed by atoms with E-state index in [0.29, 0.717) is 39.0 Å². The second-order valence-corrected chi connectivity index (χ2v) is 10.7. The monoisotopic (exact) mass is 537 g/mol. The minimum Gasteiger partial charge on any atom is -0.458 e. The zero-order chi connectivity index (χ0) is 27.3. The van der Waals surface area contributed by atoms with Crippen LogP contribution in [0.2, 0.25) is 0 Å². The van der Waals surface area contributed by atoms with Crippen LogP contribution in [0.25, 0.3) is 22.3 Å². The number of cyclic esters (lactones) is 1. The second kappa shape index (κ2) is 8.21. The molecule has 0 aliphatic carbocycles. The molecule has 11 heteroatoms. The molecule has 1 unspecified atom stereocenters. The van der Waals surface area contributed by atoms with Crippen molar-refractivity contribution in [2.24, 2.45) is 0 Å². The van der Waals surface area contributed by atoms with Gasteiger partial charge in [0.2, 0.25) is 11.8 Å². The maximum Gasteiger partial charge on any atom is 0.343 e. The molecule has 3 aliphatic rings. The second-order valence-electron chi connectivity index (χ2n) is 10.1. The zero-order valence-electron chi connectivity index (χ0n) is 20.9. The standard InChI is InChI=1S/C27H24FN3O6S/c1-4-27(36)16-6-19-23-14(9-30(19)24(33)15(16)10-37-26(27)35)22(12(3)31-21(32)8-20(38)25(31)34)13-5-11(2)17(28)7-18(13)29-23/h5-7,12,20,36,38H,4,8-10H2,1-3H3/t12-,20?,27-/m0/s1. The van der Waals surface area contributed by atoms with E-state index >= 15 is 0 Å². The van der Waals surface area contributed by atoms with Gasteiger partial charge in [0.1, 0.15) is 12.4 Å². The predicted molar refractivity (Wildman–Crippen MR) is 137 cm³/mol. The first-order valence-corrected chi connectivity index (χ1v) is 12.8. The first kappa shape index (κ1) is 24.7. The lowest BCUT2D eigenvalue weighted by molar-refractivity contribution is -0.172. The van der Waals surface area contributed by atoms with E-state index in [-0.39, 0.29) is 43.0 Å². The average molecular weight is 538 g/mol. The largest absolute Gasteiger partial charge is 0.458 e. The maximum atomic E-state index is 14.7. The Morgan fingerprint density at radius 2 is 1.97 bits per heavy atom. The number of hydrogen-bond donors (Lipinski definition) is 2.